The molecule has 0 saturated heterocycles. The number of methoxy groups -OCH3 is 2. The molecule has 0 spiro atoms. The van der Waals surface area contributed by atoms with Gasteiger partial charge in [0.25, 0.3) is 0 Å². The van der Waals surface area contributed by atoms with E-state index >= 15 is 0 Å². The molecule has 0 unspecified atom stereocenters. The number of carbonyl (C=O) groups excluding carboxylic acids is 1. The van der Waals surface area contributed by atoms with Crippen LogP contribution in [0.25, 0.3) is 0 Å². The van der Waals surface area contributed by atoms with Gasteiger partial charge in [0.1, 0.15) is 0 Å². The zero-order valence-electron chi connectivity index (χ0n) is 8.88. The molecule has 0 N–H and O–H groups in total. The van der Waals surface area contributed by atoms with Crippen molar-refractivity contribution in [1.29, 1.82) is 0 Å². The molecule has 0 amide bonds. The van der Waals surface area contributed by atoms with Gasteiger partial charge >= 0.3 is 0 Å². The number of hydrogen-bond donors (Lipinski definition) is 0. The third-order valence-corrected chi connectivity index (χ3v) is 2.19. The predicted octanol–water partition coefficient (Wildman–Crippen LogP) is 2.13. The second kappa shape index (κ2) is 4.13. The Balaban J connectivity index is 3.50. The Morgan fingerprint density at radius 2 is 1.64 bits per heavy atom. The van der Waals surface area contributed by atoms with Crippen LogP contribution in [-0.2, 0) is 0 Å². The Kier molecular flexibility index (Phi) is 3.12. The van der Waals surface area contributed by atoms with E-state index in [-0.39, 0.29) is 0 Å². The van der Waals surface area contributed by atoms with E-state index < -0.39 is 0 Å². The number of aryl methyl sites for hydroxylation is 2. The number of hydrogen-bond acceptors (Lipinski definition) is 3. The summed E-state index contributed by atoms with van der Waals surface area (Å²) in [5.41, 5.74) is 2.41. The van der Waals surface area contributed by atoms with Gasteiger partial charge in [0, 0.05) is 0 Å². The van der Waals surface area contributed by atoms with Crippen LogP contribution < -0.4 is 9.47 Å². The molecule has 0 atom stereocenters. The minimum absolute atomic E-state index is 0.514. The fraction of sp³-hybridized carbons (Fsp3) is 0.364. The van der Waals surface area contributed by atoms with Crippen LogP contribution in [0.5, 0.6) is 11.5 Å². The van der Waals surface area contributed by atoms with Crippen molar-refractivity contribution in [3.8, 4) is 11.5 Å². The monoisotopic (exact) mass is 194 g/mol. The highest BCUT2D eigenvalue weighted by Gasteiger charge is 2.14. The first-order valence-electron chi connectivity index (χ1n) is 4.33. The summed E-state index contributed by atoms with van der Waals surface area (Å²) in [5.74, 6) is 1.14. The van der Waals surface area contributed by atoms with E-state index in [1.807, 2.05) is 19.9 Å². The maximum atomic E-state index is 10.9. The Hall–Kier alpha value is -1.51. The largest absolute Gasteiger partial charge is 0.493 e. The molecule has 0 fully saturated rings. The van der Waals surface area contributed by atoms with Crippen molar-refractivity contribution >= 4 is 6.29 Å². The van der Waals surface area contributed by atoms with Crippen LogP contribution in [0.4, 0.5) is 0 Å². The third-order valence-electron chi connectivity index (χ3n) is 2.19. The lowest BCUT2D eigenvalue weighted by molar-refractivity contribution is 0.111. The van der Waals surface area contributed by atoms with Crippen molar-refractivity contribution in [3.05, 3.63) is 22.8 Å². The van der Waals surface area contributed by atoms with Crippen LogP contribution >= 0.6 is 0 Å². The molecule has 3 nitrogen and oxygen atoms in total. The maximum absolute atomic E-state index is 10.9. The number of aldehydes is 1. The Labute approximate surface area is 83.6 Å². The molecule has 3 heteroatoms. The molecule has 0 bridgehead atoms. The Morgan fingerprint density at radius 1 is 1.07 bits per heavy atom. The summed E-state index contributed by atoms with van der Waals surface area (Å²) in [4.78, 5) is 10.9. The molecule has 0 radical (unpaired) electrons. The van der Waals surface area contributed by atoms with Gasteiger partial charge in [0.05, 0.1) is 19.8 Å². The summed E-state index contributed by atoms with van der Waals surface area (Å²) in [6, 6.07) is 1.91. The van der Waals surface area contributed by atoms with Crippen molar-refractivity contribution in [3.63, 3.8) is 0 Å². The first-order chi connectivity index (χ1) is 6.65. The van der Waals surface area contributed by atoms with Crippen LogP contribution in [0.2, 0.25) is 0 Å². The smallest absolute Gasteiger partial charge is 0.171 e. The molecule has 0 heterocycles. The zero-order chi connectivity index (χ0) is 10.7. The van der Waals surface area contributed by atoms with Gasteiger partial charge in [0.2, 0.25) is 0 Å². The Bertz CT molecular complexity index is 356. The van der Waals surface area contributed by atoms with E-state index in [1.165, 1.54) is 7.11 Å². The molecular weight excluding hydrogens is 180 g/mol. The standard InChI is InChI=1S/C11H14O3/c1-7-5-8(2)10(13-3)11(14-4)9(7)6-12/h5-6H,1-4H3. The summed E-state index contributed by atoms with van der Waals surface area (Å²) in [7, 11) is 3.10. The molecule has 1 rings (SSSR count). The van der Waals surface area contributed by atoms with Crippen molar-refractivity contribution in [2.45, 2.75) is 13.8 Å². The number of rotatable bonds is 3. The third kappa shape index (κ3) is 1.58. The van der Waals surface area contributed by atoms with E-state index in [1.54, 1.807) is 7.11 Å². The van der Waals surface area contributed by atoms with Gasteiger partial charge in [0.15, 0.2) is 17.8 Å². The quantitative estimate of drug-likeness (QED) is 0.691. The summed E-state index contributed by atoms with van der Waals surface area (Å²) in [6.45, 7) is 3.79. The lowest BCUT2D eigenvalue weighted by atomic mass is 10.0. The lowest BCUT2D eigenvalue weighted by Gasteiger charge is -2.14. The zero-order valence-corrected chi connectivity index (χ0v) is 8.88. The summed E-state index contributed by atoms with van der Waals surface area (Å²) < 4.78 is 10.3. The van der Waals surface area contributed by atoms with Gasteiger partial charge in [-0.1, -0.05) is 6.07 Å². The average molecular weight is 194 g/mol. The molecule has 0 aliphatic carbocycles. The van der Waals surface area contributed by atoms with E-state index in [4.69, 9.17) is 9.47 Å². The Morgan fingerprint density at radius 3 is 2.07 bits per heavy atom. The van der Waals surface area contributed by atoms with Crippen LogP contribution in [0, 0.1) is 13.8 Å². The normalized spacial score (nSPS) is 9.71. The van der Waals surface area contributed by atoms with Crippen LogP contribution in [0.1, 0.15) is 21.5 Å². The summed E-state index contributed by atoms with van der Waals surface area (Å²) in [5, 5.41) is 0. The molecule has 14 heavy (non-hydrogen) atoms. The number of carbonyl (C=O) groups is 1. The van der Waals surface area contributed by atoms with Crippen LogP contribution in [0.3, 0.4) is 0 Å². The van der Waals surface area contributed by atoms with E-state index in [2.05, 4.69) is 0 Å². The molecular formula is C11H14O3. The molecule has 1 aromatic carbocycles. The summed E-state index contributed by atoms with van der Waals surface area (Å²) >= 11 is 0. The fourth-order valence-electron chi connectivity index (χ4n) is 1.55. The number of ether oxygens (including phenoxy) is 2. The maximum Gasteiger partial charge on any atom is 0.171 e. The molecule has 0 saturated carbocycles. The second-order valence-corrected chi connectivity index (χ2v) is 3.11. The van der Waals surface area contributed by atoms with Gasteiger partial charge in [-0.3, -0.25) is 4.79 Å². The SMILES string of the molecule is COc1c(C)cc(C)c(C=O)c1OC. The first-order valence-corrected chi connectivity index (χ1v) is 4.33. The first kappa shape index (κ1) is 10.6. The highest BCUT2D eigenvalue weighted by molar-refractivity contribution is 5.84. The molecule has 0 aliphatic rings. The van der Waals surface area contributed by atoms with Gasteiger partial charge in [-0.15, -0.1) is 0 Å². The molecule has 1 aromatic rings. The van der Waals surface area contributed by atoms with Gasteiger partial charge in [-0.05, 0) is 25.0 Å². The molecule has 0 aliphatic heterocycles. The van der Waals surface area contributed by atoms with Gasteiger partial charge in [-0.2, -0.15) is 0 Å². The topological polar surface area (TPSA) is 35.5 Å². The van der Waals surface area contributed by atoms with Gasteiger partial charge < -0.3 is 9.47 Å². The second-order valence-electron chi connectivity index (χ2n) is 3.11. The number of benzene rings is 1. The van der Waals surface area contributed by atoms with E-state index in [9.17, 15) is 4.79 Å². The van der Waals surface area contributed by atoms with Gasteiger partial charge in [-0.25, -0.2) is 0 Å². The van der Waals surface area contributed by atoms with E-state index in [0.29, 0.717) is 17.1 Å². The van der Waals surface area contributed by atoms with Crippen molar-refractivity contribution in [2.75, 3.05) is 14.2 Å². The predicted molar refractivity (Wildman–Crippen MR) is 54.4 cm³/mol. The van der Waals surface area contributed by atoms with E-state index in [0.717, 1.165) is 17.4 Å². The summed E-state index contributed by atoms with van der Waals surface area (Å²) in [6.07, 6.45) is 0.788. The molecule has 76 valence electrons. The fourth-order valence-corrected chi connectivity index (χ4v) is 1.55. The van der Waals surface area contributed by atoms with Crippen molar-refractivity contribution in [1.82, 2.24) is 0 Å². The highest BCUT2D eigenvalue weighted by Crippen LogP contribution is 2.35. The highest BCUT2D eigenvalue weighted by atomic mass is 16.5. The van der Waals surface area contributed by atoms with Crippen molar-refractivity contribution in [2.24, 2.45) is 0 Å². The average Bonchev–Trinajstić information content (AvgIpc) is 2.16. The molecule has 0 aromatic heterocycles. The minimum Gasteiger partial charge on any atom is -0.493 e. The van der Waals surface area contributed by atoms with Crippen molar-refractivity contribution < 1.29 is 14.3 Å². The van der Waals surface area contributed by atoms with Crippen LogP contribution in [0.15, 0.2) is 6.07 Å². The minimum atomic E-state index is 0.514. The van der Waals surface area contributed by atoms with Crippen LogP contribution in [-0.4, -0.2) is 20.5 Å². The lowest BCUT2D eigenvalue weighted by Crippen LogP contribution is -1.99.